The Morgan fingerprint density at radius 1 is 1.20 bits per heavy atom. The molecule has 3 rings (SSSR count). The van der Waals surface area contributed by atoms with Crippen LogP contribution in [0.3, 0.4) is 0 Å². The summed E-state index contributed by atoms with van der Waals surface area (Å²) in [6, 6.07) is 11.7. The van der Waals surface area contributed by atoms with Crippen LogP contribution in [-0.2, 0) is 24.3 Å². The van der Waals surface area contributed by atoms with Crippen molar-refractivity contribution in [3.63, 3.8) is 0 Å². The second-order valence-electron chi connectivity index (χ2n) is 8.90. The van der Waals surface area contributed by atoms with Crippen LogP contribution in [0.25, 0.3) is 10.8 Å². The Balaban J connectivity index is 0.00000137. The first-order chi connectivity index (χ1) is 16.4. The maximum Gasteiger partial charge on any atom is 0.410 e. The molecule has 2 aromatic rings. The van der Waals surface area contributed by atoms with Crippen LogP contribution in [0.2, 0.25) is 0 Å². The molecule has 1 fully saturated rings. The number of carbonyl (C=O) groups excluding carboxylic acids is 2. The first kappa shape index (κ1) is 29.4. The number of thiocarbonyl (C=S) groups is 1. The molecule has 1 aliphatic heterocycles. The molecule has 2 atom stereocenters. The molecule has 2 aromatic carbocycles. The molecule has 0 aromatic heterocycles. The average molecular weight is 635 g/mol. The Morgan fingerprint density at radius 3 is 2.43 bits per heavy atom. The second kappa shape index (κ2) is 12.9. The maximum absolute atomic E-state index is 13.1. The van der Waals surface area contributed by atoms with E-state index in [4.69, 9.17) is 9.47 Å². The van der Waals surface area contributed by atoms with Crippen LogP contribution in [0.1, 0.15) is 34.1 Å². The molecule has 1 saturated heterocycles. The number of fused-ring (bicyclic) bond motifs is 1. The van der Waals surface area contributed by atoms with Gasteiger partial charge < -0.3 is 14.4 Å². The summed E-state index contributed by atoms with van der Waals surface area (Å²) in [5, 5.41) is 1.73. The van der Waals surface area contributed by atoms with Gasteiger partial charge in [-0.3, -0.25) is 4.79 Å². The largest absolute Gasteiger partial charge is 0.466 e. The standard InChI is InChI=1S/C23H30N2O6S.CHIS/c1-5-30-21(26)19-15-25(22(27)31-23(2,3)4)13-12-20(19)24-32(28,29)18-11-10-16-8-6-7-9-17(16)14-18;2-1-3/h6-11,14,19-20,24H,5,12-13,15H2,1-4H3;1H/t19-,20+;/m0./s1. The van der Waals surface area contributed by atoms with E-state index in [0.29, 0.717) is 0 Å². The van der Waals surface area contributed by atoms with E-state index in [-0.39, 0.29) is 31.0 Å². The summed E-state index contributed by atoms with van der Waals surface area (Å²) >= 11 is 6.23. The van der Waals surface area contributed by atoms with Crippen LogP contribution >= 0.6 is 34.8 Å². The molecular weight excluding hydrogens is 603 g/mol. The Bertz CT molecular complexity index is 1150. The highest BCUT2D eigenvalue weighted by molar-refractivity contribution is 14.1. The van der Waals surface area contributed by atoms with Crippen molar-refractivity contribution in [1.82, 2.24) is 9.62 Å². The number of esters is 1. The highest BCUT2D eigenvalue weighted by Crippen LogP contribution is 2.25. The summed E-state index contributed by atoms with van der Waals surface area (Å²) in [6.07, 6.45) is -0.280. The summed E-state index contributed by atoms with van der Waals surface area (Å²) in [5.74, 6) is -1.39. The third-order valence-electron chi connectivity index (χ3n) is 5.19. The Kier molecular flexibility index (Phi) is 10.9. The molecule has 1 amide bonds. The first-order valence-corrected chi connectivity index (χ1v) is 14.3. The van der Waals surface area contributed by atoms with Gasteiger partial charge in [0, 0.05) is 22.5 Å². The summed E-state index contributed by atoms with van der Waals surface area (Å²) in [4.78, 5) is 26.7. The van der Waals surface area contributed by atoms with Gasteiger partial charge in [-0.25, -0.2) is 17.9 Å². The van der Waals surface area contributed by atoms with Gasteiger partial charge in [0.15, 0.2) is 0 Å². The smallest absolute Gasteiger partial charge is 0.410 e. The van der Waals surface area contributed by atoms with Crippen LogP contribution in [-0.4, -0.2) is 60.1 Å². The molecule has 1 aliphatic rings. The van der Waals surface area contributed by atoms with Gasteiger partial charge in [-0.15, -0.1) is 0 Å². The van der Waals surface area contributed by atoms with Crippen molar-refractivity contribution in [2.24, 2.45) is 5.92 Å². The number of sulfonamides is 1. The zero-order chi connectivity index (χ0) is 26.2. The quantitative estimate of drug-likeness (QED) is 0.221. The van der Waals surface area contributed by atoms with Crippen molar-refractivity contribution in [3.05, 3.63) is 42.5 Å². The number of halogens is 1. The highest BCUT2D eigenvalue weighted by Gasteiger charge is 2.40. The van der Waals surface area contributed by atoms with Crippen molar-refractivity contribution in [2.45, 2.75) is 50.7 Å². The molecule has 35 heavy (non-hydrogen) atoms. The molecule has 0 saturated carbocycles. The van der Waals surface area contributed by atoms with E-state index in [1.807, 2.05) is 46.9 Å². The minimum Gasteiger partial charge on any atom is -0.466 e. The number of amides is 1. The van der Waals surface area contributed by atoms with Gasteiger partial charge in [0.1, 0.15) is 5.60 Å². The van der Waals surface area contributed by atoms with Gasteiger partial charge in [-0.1, -0.05) is 42.5 Å². The number of nitrogens with zero attached hydrogens (tertiary/aromatic N) is 1. The molecule has 0 spiro atoms. The molecule has 0 unspecified atom stereocenters. The molecule has 1 N–H and O–H groups in total. The van der Waals surface area contributed by atoms with Crippen LogP contribution in [0.15, 0.2) is 47.4 Å². The number of likely N-dealkylation sites (tertiary alicyclic amines) is 1. The fraction of sp³-hybridized carbons (Fsp3) is 0.458. The van der Waals surface area contributed by atoms with Crippen molar-refractivity contribution < 1.29 is 27.5 Å². The van der Waals surface area contributed by atoms with E-state index in [2.05, 4.69) is 16.9 Å². The van der Waals surface area contributed by atoms with E-state index in [9.17, 15) is 18.0 Å². The van der Waals surface area contributed by atoms with E-state index >= 15 is 0 Å². The zero-order valence-electron chi connectivity index (χ0n) is 20.2. The van der Waals surface area contributed by atoms with E-state index in [1.54, 1.807) is 49.3 Å². The minimum atomic E-state index is -3.89. The van der Waals surface area contributed by atoms with Crippen molar-refractivity contribution in [1.29, 1.82) is 0 Å². The van der Waals surface area contributed by atoms with Crippen molar-refractivity contribution in [2.75, 3.05) is 19.7 Å². The number of hydrogen-bond donors (Lipinski definition) is 1. The molecule has 1 heterocycles. The topological polar surface area (TPSA) is 102 Å². The Morgan fingerprint density at radius 2 is 1.83 bits per heavy atom. The molecule has 0 aliphatic carbocycles. The maximum atomic E-state index is 13.1. The van der Waals surface area contributed by atoms with Crippen LogP contribution in [0, 0.1) is 5.92 Å². The summed E-state index contributed by atoms with van der Waals surface area (Å²) in [7, 11) is -3.89. The summed E-state index contributed by atoms with van der Waals surface area (Å²) in [5.41, 5.74) is -0.676. The van der Waals surface area contributed by atoms with Gasteiger partial charge in [0.05, 0.1) is 17.4 Å². The van der Waals surface area contributed by atoms with Crippen molar-refractivity contribution in [3.8, 4) is 0 Å². The fourth-order valence-electron chi connectivity index (χ4n) is 3.68. The lowest BCUT2D eigenvalue weighted by Crippen LogP contribution is -2.55. The van der Waals surface area contributed by atoms with Gasteiger partial charge in [0.25, 0.3) is 0 Å². The summed E-state index contributed by atoms with van der Waals surface area (Å²) < 4.78 is 41.0. The molecular formula is C24H31IN2O6S2. The van der Waals surface area contributed by atoms with E-state index < -0.39 is 39.6 Å². The number of carbonyl (C=O) groups is 2. The van der Waals surface area contributed by atoms with Crippen LogP contribution < -0.4 is 4.72 Å². The third-order valence-corrected chi connectivity index (χ3v) is 6.68. The SMILES string of the molecule is CCOC(=O)[C@H]1CN(C(=O)OC(C)(C)C)CC[C@H]1NS(=O)(=O)c1ccc2ccccc2c1.S=CI. The first-order valence-electron chi connectivity index (χ1n) is 11.1. The van der Waals surface area contributed by atoms with Gasteiger partial charge in [-0.2, -0.15) is 0 Å². The zero-order valence-corrected chi connectivity index (χ0v) is 24.0. The Labute approximate surface area is 225 Å². The lowest BCUT2D eigenvalue weighted by Gasteiger charge is -2.37. The van der Waals surface area contributed by atoms with Crippen molar-refractivity contribution >= 4 is 71.0 Å². The molecule has 0 bridgehead atoms. The van der Waals surface area contributed by atoms with Crippen LogP contribution in [0.4, 0.5) is 4.79 Å². The fourth-order valence-corrected chi connectivity index (χ4v) is 5.02. The monoisotopic (exact) mass is 634 g/mol. The summed E-state index contributed by atoms with van der Waals surface area (Å²) in [6.45, 7) is 7.40. The lowest BCUT2D eigenvalue weighted by molar-refractivity contribution is -0.150. The van der Waals surface area contributed by atoms with Gasteiger partial charge >= 0.3 is 12.1 Å². The number of rotatable bonds is 5. The number of nitrogens with one attached hydrogen (secondary N) is 1. The van der Waals surface area contributed by atoms with E-state index in [0.717, 1.165) is 10.8 Å². The van der Waals surface area contributed by atoms with Gasteiger partial charge in [-0.05, 0) is 79.6 Å². The predicted octanol–water partition coefficient (Wildman–Crippen LogP) is 4.69. The minimum absolute atomic E-state index is 0.0126. The number of piperidine rings is 1. The normalized spacial score (nSPS) is 18.3. The Hall–Kier alpha value is -1.83. The lowest BCUT2D eigenvalue weighted by atomic mass is 9.93. The van der Waals surface area contributed by atoms with Crippen LogP contribution in [0.5, 0.6) is 0 Å². The molecule has 11 heteroatoms. The number of ether oxygens (including phenoxy) is 2. The third kappa shape index (κ3) is 8.65. The number of hydrogen-bond acceptors (Lipinski definition) is 7. The number of benzene rings is 2. The molecule has 8 nitrogen and oxygen atoms in total. The van der Waals surface area contributed by atoms with E-state index in [1.165, 1.54) is 4.90 Å². The van der Waals surface area contributed by atoms with Gasteiger partial charge in [0.2, 0.25) is 10.0 Å². The molecule has 0 radical (unpaired) electrons. The average Bonchev–Trinajstić information content (AvgIpc) is 2.78. The second-order valence-corrected chi connectivity index (χ2v) is 12.3. The predicted molar refractivity (Wildman–Crippen MR) is 148 cm³/mol. The highest BCUT2D eigenvalue weighted by atomic mass is 127. The molecule has 192 valence electrons.